The number of piperidine rings is 1. The Kier molecular flexibility index (Phi) is 5.61. The summed E-state index contributed by atoms with van der Waals surface area (Å²) in [7, 11) is -3.13. The fourth-order valence-corrected chi connectivity index (χ4v) is 6.63. The predicted molar refractivity (Wildman–Crippen MR) is 123 cm³/mol. The van der Waals surface area contributed by atoms with Gasteiger partial charge in [0.15, 0.2) is 5.82 Å². The van der Waals surface area contributed by atoms with Crippen LogP contribution >= 0.6 is 0 Å². The van der Waals surface area contributed by atoms with Crippen molar-refractivity contribution in [1.29, 1.82) is 5.26 Å². The highest BCUT2D eigenvalue weighted by Gasteiger charge is 2.44. The Morgan fingerprint density at radius 3 is 2.61 bits per heavy atom. The molecule has 4 heterocycles. The maximum absolute atomic E-state index is 12.9. The van der Waals surface area contributed by atoms with Gasteiger partial charge in [-0.05, 0) is 45.1 Å². The Morgan fingerprint density at radius 1 is 1.24 bits per heavy atom. The minimum absolute atomic E-state index is 0.0924. The van der Waals surface area contributed by atoms with Crippen molar-refractivity contribution in [3.8, 4) is 6.07 Å². The van der Waals surface area contributed by atoms with Gasteiger partial charge in [0.1, 0.15) is 5.52 Å². The van der Waals surface area contributed by atoms with Crippen molar-refractivity contribution in [2.45, 2.75) is 50.3 Å². The van der Waals surface area contributed by atoms with E-state index in [2.05, 4.69) is 21.4 Å². The van der Waals surface area contributed by atoms with Crippen LogP contribution in [0.4, 0.5) is 16.2 Å². The summed E-state index contributed by atoms with van der Waals surface area (Å²) in [6, 6.07) is 4.28. The number of hydrogen-bond acceptors (Lipinski definition) is 8. The Morgan fingerprint density at radius 2 is 1.97 bits per heavy atom. The van der Waals surface area contributed by atoms with E-state index in [4.69, 9.17) is 4.98 Å². The van der Waals surface area contributed by atoms with Crippen LogP contribution < -0.4 is 10.2 Å². The SMILES string of the molecule is Cc1cc2cnc(NC3CCN(S(=O)(=O)C4CC4)CC3)nc2c(N2CC(C#N)(CCF)C2)n1. The van der Waals surface area contributed by atoms with Crippen molar-refractivity contribution in [3.05, 3.63) is 18.0 Å². The fourth-order valence-electron chi connectivity index (χ4n) is 4.76. The molecule has 1 aliphatic carbocycles. The lowest BCUT2D eigenvalue weighted by Crippen LogP contribution is -2.56. The highest BCUT2D eigenvalue weighted by molar-refractivity contribution is 7.90. The van der Waals surface area contributed by atoms with Crippen LogP contribution in [0.1, 0.15) is 37.8 Å². The molecule has 2 saturated heterocycles. The van der Waals surface area contributed by atoms with Gasteiger partial charge in [0, 0.05) is 49.5 Å². The van der Waals surface area contributed by atoms with E-state index in [1.54, 1.807) is 10.5 Å². The molecule has 9 nitrogen and oxygen atoms in total. The molecule has 0 aromatic carbocycles. The third-order valence-electron chi connectivity index (χ3n) is 6.86. The normalized spacial score (nSPS) is 21.5. The summed E-state index contributed by atoms with van der Waals surface area (Å²) in [5.41, 5.74) is 0.847. The summed E-state index contributed by atoms with van der Waals surface area (Å²) in [6.45, 7) is 3.26. The summed E-state index contributed by atoms with van der Waals surface area (Å²) in [5.74, 6) is 1.17. The molecule has 2 aromatic rings. The van der Waals surface area contributed by atoms with E-state index < -0.39 is 22.1 Å². The van der Waals surface area contributed by atoms with Crippen LogP contribution in [-0.4, -0.2) is 71.8 Å². The van der Waals surface area contributed by atoms with Gasteiger partial charge in [0.25, 0.3) is 0 Å². The number of nitrogens with zero attached hydrogens (tertiary/aromatic N) is 6. The molecule has 1 N–H and O–H groups in total. The van der Waals surface area contributed by atoms with Gasteiger partial charge in [-0.1, -0.05) is 0 Å². The number of rotatable bonds is 7. The lowest BCUT2D eigenvalue weighted by atomic mass is 9.78. The van der Waals surface area contributed by atoms with Gasteiger partial charge in [-0.3, -0.25) is 4.39 Å². The smallest absolute Gasteiger partial charge is 0.223 e. The van der Waals surface area contributed by atoms with E-state index in [0.717, 1.165) is 23.9 Å². The lowest BCUT2D eigenvalue weighted by molar-refractivity contribution is 0.248. The molecule has 0 bridgehead atoms. The summed E-state index contributed by atoms with van der Waals surface area (Å²) in [4.78, 5) is 15.8. The number of pyridine rings is 1. The van der Waals surface area contributed by atoms with Gasteiger partial charge in [0.2, 0.25) is 16.0 Å². The molecular weight excluding hydrogens is 445 g/mol. The van der Waals surface area contributed by atoms with Crippen molar-refractivity contribution >= 4 is 32.7 Å². The van der Waals surface area contributed by atoms with E-state index in [1.165, 1.54) is 0 Å². The molecule has 1 saturated carbocycles. The van der Waals surface area contributed by atoms with Crippen LogP contribution in [0, 0.1) is 23.7 Å². The topological polar surface area (TPSA) is 115 Å². The largest absolute Gasteiger partial charge is 0.351 e. The Bertz CT molecular complexity index is 1200. The molecule has 0 spiro atoms. The van der Waals surface area contributed by atoms with Gasteiger partial charge >= 0.3 is 0 Å². The van der Waals surface area contributed by atoms with E-state index in [9.17, 15) is 18.1 Å². The van der Waals surface area contributed by atoms with E-state index >= 15 is 0 Å². The Hall–Kier alpha value is -2.58. The summed E-state index contributed by atoms with van der Waals surface area (Å²) >= 11 is 0. The van der Waals surface area contributed by atoms with Crippen molar-refractivity contribution in [2.75, 3.05) is 43.1 Å². The number of aromatic nitrogens is 3. The molecule has 5 rings (SSSR count). The summed E-state index contributed by atoms with van der Waals surface area (Å²) in [5, 5.41) is 13.5. The first-order chi connectivity index (χ1) is 15.8. The number of sulfonamides is 1. The minimum Gasteiger partial charge on any atom is -0.351 e. The number of fused-ring (bicyclic) bond motifs is 1. The second kappa shape index (κ2) is 8.33. The zero-order valence-corrected chi connectivity index (χ0v) is 19.5. The summed E-state index contributed by atoms with van der Waals surface area (Å²) < 4.78 is 39.4. The molecule has 3 fully saturated rings. The molecule has 0 radical (unpaired) electrons. The van der Waals surface area contributed by atoms with Crippen molar-refractivity contribution in [2.24, 2.45) is 5.41 Å². The average Bonchev–Trinajstić information content (AvgIpc) is 3.62. The number of alkyl halides is 1. The fraction of sp³-hybridized carbons (Fsp3) is 0.636. The number of nitriles is 1. The van der Waals surface area contributed by atoms with Crippen molar-refractivity contribution < 1.29 is 12.8 Å². The molecule has 0 amide bonds. The zero-order chi connectivity index (χ0) is 23.2. The van der Waals surface area contributed by atoms with Gasteiger partial charge in [-0.15, -0.1) is 0 Å². The second-order valence-corrected chi connectivity index (χ2v) is 11.7. The molecule has 0 atom stereocenters. The third-order valence-corrected chi connectivity index (χ3v) is 9.26. The number of hydrogen-bond donors (Lipinski definition) is 1. The molecule has 2 aliphatic heterocycles. The average molecular weight is 474 g/mol. The quantitative estimate of drug-likeness (QED) is 0.652. The van der Waals surface area contributed by atoms with Gasteiger partial charge in [0.05, 0.1) is 23.4 Å². The van der Waals surface area contributed by atoms with Crippen LogP contribution in [0.15, 0.2) is 12.3 Å². The maximum Gasteiger partial charge on any atom is 0.223 e. The molecule has 2 aromatic heterocycles. The Balaban J connectivity index is 1.31. The van der Waals surface area contributed by atoms with E-state index in [1.807, 2.05) is 17.9 Å². The molecule has 33 heavy (non-hydrogen) atoms. The van der Waals surface area contributed by atoms with Crippen molar-refractivity contribution in [1.82, 2.24) is 19.3 Å². The molecule has 11 heteroatoms. The number of aryl methyl sites for hydroxylation is 1. The monoisotopic (exact) mass is 473 g/mol. The highest BCUT2D eigenvalue weighted by Crippen LogP contribution is 2.39. The third kappa shape index (κ3) is 4.22. The Labute approximate surface area is 193 Å². The first-order valence-corrected chi connectivity index (χ1v) is 13.0. The number of nitrogens with one attached hydrogen (secondary N) is 1. The van der Waals surface area contributed by atoms with E-state index in [0.29, 0.717) is 56.3 Å². The van der Waals surface area contributed by atoms with Crippen LogP contribution in [0.5, 0.6) is 0 Å². The number of anilines is 2. The van der Waals surface area contributed by atoms with Crippen LogP contribution in [0.25, 0.3) is 10.9 Å². The van der Waals surface area contributed by atoms with Gasteiger partial charge < -0.3 is 10.2 Å². The highest BCUT2D eigenvalue weighted by atomic mass is 32.2. The second-order valence-electron chi connectivity index (χ2n) is 9.47. The molecule has 3 aliphatic rings. The van der Waals surface area contributed by atoms with Crippen molar-refractivity contribution in [3.63, 3.8) is 0 Å². The standard InChI is InChI=1S/C22H28FN7O2S/c1-15-10-16-11-25-21(27-17-4-8-30(9-5-17)33(31,32)18-2-3-18)28-19(16)20(26-15)29-13-22(12-24,14-29)6-7-23/h10-11,17-18H,2-9,13-14H2,1H3,(H,25,27,28). The molecular formula is C22H28FN7O2S. The minimum atomic E-state index is -3.13. The predicted octanol–water partition coefficient (Wildman–Crippen LogP) is 2.39. The van der Waals surface area contributed by atoms with E-state index in [-0.39, 0.29) is 17.7 Å². The first-order valence-electron chi connectivity index (χ1n) is 11.5. The van der Waals surface area contributed by atoms with Crippen LogP contribution in [-0.2, 0) is 10.0 Å². The van der Waals surface area contributed by atoms with Crippen LogP contribution in [0.3, 0.4) is 0 Å². The first kappa shape index (κ1) is 22.2. The maximum atomic E-state index is 12.9. The molecule has 0 unspecified atom stereocenters. The van der Waals surface area contributed by atoms with Gasteiger partial charge in [-0.2, -0.15) is 5.26 Å². The van der Waals surface area contributed by atoms with Gasteiger partial charge in [-0.25, -0.2) is 27.7 Å². The zero-order valence-electron chi connectivity index (χ0n) is 18.7. The molecule has 176 valence electrons. The lowest BCUT2D eigenvalue weighted by Gasteiger charge is -2.46. The van der Waals surface area contributed by atoms with Crippen LogP contribution in [0.2, 0.25) is 0 Å². The summed E-state index contributed by atoms with van der Waals surface area (Å²) in [6.07, 6.45) is 4.94. The number of halogens is 1.